The summed E-state index contributed by atoms with van der Waals surface area (Å²) in [6.07, 6.45) is 0.865. The zero-order valence-corrected chi connectivity index (χ0v) is 19.0. The molecule has 0 amide bonds. The van der Waals surface area contributed by atoms with Gasteiger partial charge in [0.25, 0.3) is 5.56 Å². The van der Waals surface area contributed by atoms with Crippen LogP contribution < -0.4 is 10.3 Å². The van der Waals surface area contributed by atoms with Gasteiger partial charge in [-0.2, -0.15) is 0 Å². The van der Waals surface area contributed by atoms with Crippen molar-refractivity contribution in [3.63, 3.8) is 0 Å². The molecule has 0 N–H and O–H groups in total. The van der Waals surface area contributed by atoms with Crippen LogP contribution in [0.4, 0.5) is 0 Å². The minimum absolute atomic E-state index is 0.00621. The van der Waals surface area contributed by atoms with E-state index in [2.05, 4.69) is 0 Å². The monoisotopic (exact) mass is 436 g/mol. The van der Waals surface area contributed by atoms with Crippen LogP contribution in [0.5, 0.6) is 5.75 Å². The highest BCUT2D eigenvalue weighted by atomic mass is 32.2. The molecule has 4 rings (SSSR count). The minimum atomic E-state index is 0.00621. The van der Waals surface area contributed by atoms with Gasteiger partial charge in [-0.25, -0.2) is 4.98 Å². The summed E-state index contributed by atoms with van der Waals surface area (Å²) in [5, 5.41) is 1.46. The number of aryl methyl sites for hydroxylation is 3. The van der Waals surface area contributed by atoms with Crippen molar-refractivity contribution < 1.29 is 4.74 Å². The van der Waals surface area contributed by atoms with Gasteiger partial charge in [0.05, 0.1) is 17.7 Å². The number of hydrogen-bond donors (Lipinski definition) is 0. The van der Waals surface area contributed by atoms with Gasteiger partial charge in [-0.15, -0.1) is 11.3 Å². The Morgan fingerprint density at radius 2 is 1.77 bits per heavy atom. The summed E-state index contributed by atoms with van der Waals surface area (Å²) in [6, 6.07) is 17.8. The number of hydrogen-bond acceptors (Lipinski definition) is 5. The molecule has 0 aliphatic rings. The fraction of sp³-hybridized carbons (Fsp3) is 0.250. The second-order valence-electron chi connectivity index (χ2n) is 7.15. The van der Waals surface area contributed by atoms with Crippen molar-refractivity contribution in [1.29, 1.82) is 0 Å². The van der Waals surface area contributed by atoms with E-state index in [-0.39, 0.29) is 5.56 Å². The Balaban J connectivity index is 1.57. The maximum atomic E-state index is 13.4. The van der Waals surface area contributed by atoms with Crippen LogP contribution in [0.3, 0.4) is 0 Å². The number of thioether (sulfide) groups is 1. The van der Waals surface area contributed by atoms with Crippen LogP contribution in [0.25, 0.3) is 15.9 Å². The standard InChI is InChI=1S/C24H24N2O2S2/c1-16-10-7-8-13-20(16)28-14-9-15-29-24-25-22-21(17(2)18(3)30-22)23(27)26(24)19-11-5-4-6-12-19/h4-8,10-13H,9,14-15H2,1-3H3. The lowest BCUT2D eigenvalue weighted by molar-refractivity contribution is 0.316. The Labute approximate surface area is 184 Å². The zero-order chi connectivity index (χ0) is 21.1. The fourth-order valence-corrected chi connectivity index (χ4v) is 5.30. The summed E-state index contributed by atoms with van der Waals surface area (Å²) in [7, 11) is 0. The minimum Gasteiger partial charge on any atom is -0.493 e. The Hall–Kier alpha value is -2.57. The first kappa shape index (κ1) is 20.7. The molecule has 0 fully saturated rings. The molecule has 0 radical (unpaired) electrons. The molecule has 2 aromatic carbocycles. The normalized spacial score (nSPS) is 11.2. The molecule has 0 saturated heterocycles. The van der Waals surface area contributed by atoms with Gasteiger partial charge in [0.1, 0.15) is 10.6 Å². The third kappa shape index (κ3) is 4.16. The van der Waals surface area contributed by atoms with E-state index in [1.807, 2.05) is 75.4 Å². The summed E-state index contributed by atoms with van der Waals surface area (Å²) < 4.78 is 7.65. The topological polar surface area (TPSA) is 44.1 Å². The van der Waals surface area contributed by atoms with E-state index in [1.165, 1.54) is 0 Å². The number of nitrogens with zero attached hydrogens (tertiary/aromatic N) is 2. The van der Waals surface area contributed by atoms with Crippen molar-refractivity contribution in [3.05, 3.63) is 81.0 Å². The number of fused-ring (bicyclic) bond motifs is 1. The molecule has 2 heterocycles. The summed E-state index contributed by atoms with van der Waals surface area (Å²) in [4.78, 5) is 20.2. The molecule has 0 aliphatic carbocycles. The molecule has 2 aromatic heterocycles. The lowest BCUT2D eigenvalue weighted by Gasteiger charge is -2.12. The SMILES string of the molecule is Cc1ccccc1OCCCSc1nc2sc(C)c(C)c2c(=O)n1-c1ccccc1. The second-order valence-corrected chi connectivity index (χ2v) is 9.42. The predicted octanol–water partition coefficient (Wildman–Crippen LogP) is 5.93. The lowest BCUT2D eigenvalue weighted by Crippen LogP contribution is -2.21. The highest BCUT2D eigenvalue weighted by Crippen LogP contribution is 2.29. The number of thiophene rings is 1. The van der Waals surface area contributed by atoms with E-state index in [0.717, 1.165) is 55.0 Å². The Morgan fingerprint density at radius 1 is 1.03 bits per heavy atom. The summed E-state index contributed by atoms with van der Waals surface area (Å²) in [5.74, 6) is 1.74. The smallest absolute Gasteiger partial charge is 0.267 e. The molecule has 0 spiro atoms. The summed E-state index contributed by atoms with van der Waals surface area (Å²) in [5.41, 5.74) is 3.02. The van der Waals surface area contributed by atoms with Crippen LogP contribution in [0, 0.1) is 20.8 Å². The van der Waals surface area contributed by atoms with Crippen LogP contribution in [-0.4, -0.2) is 21.9 Å². The second kappa shape index (κ2) is 9.06. The summed E-state index contributed by atoms with van der Waals surface area (Å²) >= 11 is 3.19. The van der Waals surface area contributed by atoms with Crippen LogP contribution in [-0.2, 0) is 0 Å². The van der Waals surface area contributed by atoms with E-state index in [0.29, 0.717) is 6.61 Å². The van der Waals surface area contributed by atoms with E-state index < -0.39 is 0 Å². The van der Waals surface area contributed by atoms with Crippen molar-refractivity contribution in [1.82, 2.24) is 9.55 Å². The quantitative estimate of drug-likeness (QED) is 0.204. The maximum Gasteiger partial charge on any atom is 0.267 e. The predicted molar refractivity (Wildman–Crippen MR) is 127 cm³/mol. The average Bonchev–Trinajstić information content (AvgIpc) is 3.03. The molecule has 0 aliphatic heterocycles. The maximum absolute atomic E-state index is 13.4. The molecule has 4 aromatic rings. The van der Waals surface area contributed by atoms with Gasteiger partial charge in [0.15, 0.2) is 5.16 Å². The van der Waals surface area contributed by atoms with Gasteiger partial charge in [-0.1, -0.05) is 48.2 Å². The number of rotatable bonds is 7. The van der Waals surface area contributed by atoms with Crippen LogP contribution in [0.1, 0.15) is 22.4 Å². The summed E-state index contributed by atoms with van der Waals surface area (Å²) in [6.45, 7) is 6.73. The molecular weight excluding hydrogens is 412 g/mol. The average molecular weight is 437 g/mol. The van der Waals surface area contributed by atoms with E-state index in [9.17, 15) is 4.79 Å². The first-order valence-corrected chi connectivity index (χ1v) is 11.8. The van der Waals surface area contributed by atoms with Crippen molar-refractivity contribution in [2.24, 2.45) is 0 Å². The molecule has 6 heteroatoms. The van der Waals surface area contributed by atoms with Gasteiger partial charge in [-0.3, -0.25) is 9.36 Å². The van der Waals surface area contributed by atoms with Gasteiger partial charge in [-0.05, 0) is 56.5 Å². The zero-order valence-electron chi connectivity index (χ0n) is 17.3. The van der Waals surface area contributed by atoms with Crippen molar-refractivity contribution >= 4 is 33.3 Å². The molecule has 0 saturated carbocycles. The number of aromatic nitrogens is 2. The van der Waals surface area contributed by atoms with E-state index >= 15 is 0 Å². The third-order valence-electron chi connectivity index (χ3n) is 5.06. The molecule has 0 bridgehead atoms. The van der Waals surface area contributed by atoms with Gasteiger partial charge in [0.2, 0.25) is 0 Å². The highest BCUT2D eigenvalue weighted by Gasteiger charge is 2.17. The first-order chi connectivity index (χ1) is 14.6. The van der Waals surface area contributed by atoms with E-state index in [1.54, 1.807) is 27.7 Å². The third-order valence-corrected chi connectivity index (χ3v) is 7.18. The number of para-hydroxylation sites is 2. The molecular formula is C24H24N2O2S2. The van der Waals surface area contributed by atoms with Crippen LogP contribution in [0.15, 0.2) is 64.5 Å². The molecule has 154 valence electrons. The van der Waals surface area contributed by atoms with Gasteiger partial charge < -0.3 is 4.74 Å². The first-order valence-electron chi connectivity index (χ1n) is 9.95. The molecule has 30 heavy (non-hydrogen) atoms. The van der Waals surface area contributed by atoms with Crippen molar-refractivity contribution in [2.45, 2.75) is 32.3 Å². The Kier molecular flexibility index (Phi) is 6.25. The van der Waals surface area contributed by atoms with Crippen LogP contribution in [0.2, 0.25) is 0 Å². The molecule has 0 unspecified atom stereocenters. The number of benzene rings is 2. The fourth-order valence-electron chi connectivity index (χ4n) is 3.30. The van der Waals surface area contributed by atoms with Gasteiger partial charge >= 0.3 is 0 Å². The van der Waals surface area contributed by atoms with Crippen molar-refractivity contribution in [2.75, 3.05) is 12.4 Å². The van der Waals surface area contributed by atoms with Gasteiger partial charge in [0, 0.05) is 10.6 Å². The Morgan fingerprint density at radius 3 is 2.53 bits per heavy atom. The van der Waals surface area contributed by atoms with Crippen LogP contribution >= 0.6 is 23.1 Å². The lowest BCUT2D eigenvalue weighted by atomic mass is 10.2. The molecule has 4 nitrogen and oxygen atoms in total. The Bertz CT molecular complexity index is 1230. The largest absolute Gasteiger partial charge is 0.493 e. The number of ether oxygens (including phenoxy) is 1. The highest BCUT2D eigenvalue weighted by molar-refractivity contribution is 7.99. The van der Waals surface area contributed by atoms with Crippen molar-refractivity contribution in [3.8, 4) is 11.4 Å². The van der Waals surface area contributed by atoms with E-state index in [4.69, 9.17) is 9.72 Å². The molecule has 0 atom stereocenters.